The number of carbonyl (C=O) groups is 1. The lowest BCUT2D eigenvalue weighted by molar-refractivity contribution is 0.0697. The molecule has 0 aliphatic carbocycles. The topological polar surface area (TPSA) is 50.2 Å². The smallest absolute Gasteiger partial charge is 0.336 e. The van der Waals surface area contributed by atoms with Crippen LogP contribution >= 0.6 is 0 Å². The molecule has 0 spiro atoms. The Hall–Kier alpha value is -3.38. The van der Waals surface area contributed by atoms with Crippen molar-refractivity contribution in [1.29, 1.82) is 0 Å². The molecule has 0 aliphatic heterocycles. The summed E-state index contributed by atoms with van der Waals surface area (Å²) in [5.74, 6) is 5.17. The van der Waals surface area contributed by atoms with Gasteiger partial charge >= 0.3 is 5.97 Å². The molecule has 0 unspecified atom stereocenters. The molecule has 23 heavy (non-hydrogen) atoms. The number of aromatic carboxylic acids is 1. The molecule has 2 aromatic carbocycles. The Morgan fingerprint density at radius 3 is 2.30 bits per heavy atom. The maximum Gasteiger partial charge on any atom is 0.336 e. The number of rotatable bonds is 2. The fourth-order valence-corrected chi connectivity index (χ4v) is 2.33. The van der Waals surface area contributed by atoms with Gasteiger partial charge in [-0.15, -0.1) is 0 Å². The number of carboxylic acids is 1. The zero-order valence-electron chi connectivity index (χ0n) is 12.2. The maximum absolute atomic E-state index is 11.6. The molecule has 3 heteroatoms. The highest BCUT2D eigenvalue weighted by Crippen LogP contribution is 2.27. The van der Waals surface area contributed by atoms with Crippen molar-refractivity contribution in [3.8, 4) is 23.0 Å². The average Bonchev–Trinajstić information content (AvgIpc) is 2.61. The number of carboxylic acid groups (broad SMARTS) is 1. The van der Waals surface area contributed by atoms with Crippen molar-refractivity contribution in [2.45, 2.75) is 0 Å². The van der Waals surface area contributed by atoms with Crippen molar-refractivity contribution < 1.29 is 9.90 Å². The van der Waals surface area contributed by atoms with Crippen LogP contribution in [-0.4, -0.2) is 16.1 Å². The van der Waals surface area contributed by atoms with E-state index in [0.717, 1.165) is 11.1 Å². The molecule has 0 atom stereocenters. The molecule has 3 nitrogen and oxygen atoms in total. The molecule has 3 aromatic rings. The fourth-order valence-electron chi connectivity index (χ4n) is 2.33. The molecular formula is C20H13NO2. The van der Waals surface area contributed by atoms with Gasteiger partial charge in [-0.1, -0.05) is 48.2 Å². The van der Waals surface area contributed by atoms with E-state index in [1.165, 1.54) is 0 Å². The van der Waals surface area contributed by atoms with Gasteiger partial charge in [-0.2, -0.15) is 0 Å². The van der Waals surface area contributed by atoms with Gasteiger partial charge < -0.3 is 5.11 Å². The summed E-state index contributed by atoms with van der Waals surface area (Å²) >= 11 is 0. The highest BCUT2D eigenvalue weighted by atomic mass is 16.4. The van der Waals surface area contributed by atoms with Crippen LogP contribution in [0.25, 0.3) is 11.1 Å². The van der Waals surface area contributed by atoms with Crippen LogP contribution < -0.4 is 0 Å². The van der Waals surface area contributed by atoms with E-state index in [-0.39, 0.29) is 5.56 Å². The summed E-state index contributed by atoms with van der Waals surface area (Å²) in [7, 11) is 0. The number of aromatic nitrogens is 1. The van der Waals surface area contributed by atoms with Gasteiger partial charge in [0, 0.05) is 29.1 Å². The summed E-state index contributed by atoms with van der Waals surface area (Å²) in [5, 5.41) is 9.48. The van der Waals surface area contributed by atoms with Gasteiger partial charge in [0.25, 0.3) is 0 Å². The number of hydrogen-bond acceptors (Lipinski definition) is 2. The summed E-state index contributed by atoms with van der Waals surface area (Å²) in [6.07, 6.45) is 3.35. The van der Waals surface area contributed by atoms with Crippen molar-refractivity contribution >= 4 is 5.97 Å². The first-order valence-corrected chi connectivity index (χ1v) is 7.09. The standard InChI is InChI=1S/C20H13NO2/c22-20(23)18-8-4-7-17(10-9-15-11-13-21-14-12-15)19(18)16-5-2-1-3-6-16/h1-8,11-14H,(H,22,23). The van der Waals surface area contributed by atoms with Gasteiger partial charge in [0.2, 0.25) is 0 Å². The third-order valence-corrected chi connectivity index (χ3v) is 3.38. The third kappa shape index (κ3) is 3.28. The van der Waals surface area contributed by atoms with E-state index in [9.17, 15) is 9.90 Å². The minimum atomic E-state index is -0.962. The lowest BCUT2D eigenvalue weighted by atomic mass is 9.94. The summed E-state index contributed by atoms with van der Waals surface area (Å²) in [6, 6.07) is 18.2. The van der Waals surface area contributed by atoms with Crippen LogP contribution in [0.5, 0.6) is 0 Å². The van der Waals surface area contributed by atoms with E-state index in [2.05, 4.69) is 16.8 Å². The second-order valence-electron chi connectivity index (χ2n) is 4.89. The zero-order valence-corrected chi connectivity index (χ0v) is 12.2. The lowest BCUT2D eigenvalue weighted by Crippen LogP contribution is -2.01. The van der Waals surface area contributed by atoms with Crippen molar-refractivity contribution in [2.24, 2.45) is 0 Å². The van der Waals surface area contributed by atoms with Gasteiger partial charge in [-0.25, -0.2) is 4.79 Å². The predicted molar refractivity (Wildman–Crippen MR) is 89.1 cm³/mol. The monoisotopic (exact) mass is 299 g/mol. The summed E-state index contributed by atoms with van der Waals surface area (Å²) < 4.78 is 0. The van der Waals surface area contributed by atoms with Crippen LogP contribution in [0.3, 0.4) is 0 Å². The van der Waals surface area contributed by atoms with Gasteiger partial charge in [0.15, 0.2) is 0 Å². The Morgan fingerprint density at radius 1 is 0.870 bits per heavy atom. The zero-order chi connectivity index (χ0) is 16.1. The molecule has 0 fully saturated rings. The van der Waals surface area contributed by atoms with Crippen LogP contribution in [-0.2, 0) is 0 Å². The van der Waals surface area contributed by atoms with E-state index in [4.69, 9.17) is 0 Å². The fraction of sp³-hybridized carbons (Fsp3) is 0. The van der Waals surface area contributed by atoms with Crippen LogP contribution in [0.15, 0.2) is 73.1 Å². The minimum absolute atomic E-state index is 0.248. The predicted octanol–water partition coefficient (Wildman–Crippen LogP) is 3.85. The van der Waals surface area contributed by atoms with E-state index >= 15 is 0 Å². The van der Waals surface area contributed by atoms with Gasteiger partial charge in [-0.05, 0) is 29.8 Å². The van der Waals surface area contributed by atoms with Crippen LogP contribution in [0.4, 0.5) is 0 Å². The minimum Gasteiger partial charge on any atom is -0.478 e. The summed E-state index contributed by atoms with van der Waals surface area (Å²) in [6.45, 7) is 0. The number of benzene rings is 2. The Morgan fingerprint density at radius 2 is 1.61 bits per heavy atom. The molecule has 0 aliphatic rings. The Labute approximate surface area is 134 Å². The van der Waals surface area contributed by atoms with E-state index in [1.54, 1.807) is 24.5 Å². The van der Waals surface area contributed by atoms with E-state index < -0.39 is 5.97 Å². The van der Waals surface area contributed by atoms with E-state index in [0.29, 0.717) is 11.1 Å². The molecule has 1 aromatic heterocycles. The van der Waals surface area contributed by atoms with Crippen molar-refractivity contribution in [1.82, 2.24) is 4.98 Å². The highest BCUT2D eigenvalue weighted by molar-refractivity contribution is 5.97. The third-order valence-electron chi connectivity index (χ3n) is 3.38. The normalized spacial score (nSPS) is 9.74. The van der Waals surface area contributed by atoms with Crippen molar-refractivity contribution in [3.63, 3.8) is 0 Å². The summed E-state index contributed by atoms with van der Waals surface area (Å²) in [5.41, 5.74) is 3.25. The van der Waals surface area contributed by atoms with Crippen LogP contribution in [0, 0.1) is 11.8 Å². The first-order valence-electron chi connectivity index (χ1n) is 7.09. The van der Waals surface area contributed by atoms with Crippen molar-refractivity contribution in [3.05, 3.63) is 89.7 Å². The lowest BCUT2D eigenvalue weighted by Gasteiger charge is -2.09. The second kappa shape index (κ2) is 6.59. The molecule has 1 heterocycles. The van der Waals surface area contributed by atoms with Crippen molar-refractivity contribution in [2.75, 3.05) is 0 Å². The van der Waals surface area contributed by atoms with Crippen LogP contribution in [0.2, 0.25) is 0 Å². The molecule has 0 amide bonds. The van der Waals surface area contributed by atoms with Gasteiger partial charge in [-0.3, -0.25) is 4.98 Å². The van der Waals surface area contributed by atoms with E-state index in [1.807, 2.05) is 48.5 Å². The average molecular weight is 299 g/mol. The number of nitrogens with zero attached hydrogens (tertiary/aromatic N) is 1. The van der Waals surface area contributed by atoms with Gasteiger partial charge in [0.1, 0.15) is 0 Å². The van der Waals surface area contributed by atoms with Gasteiger partial charge in [0.05, 0.1) is 5.56 Å². The largest absolute Gasteiger partial charge is 0.478 e. The number of pyridine rings is 1. The molecular weight excluding hydrogens is 286 g/mol. The molecule has 0 saturated heterocycles. The molecule has 3 rings (SSSR count). The Bertz CT molecular complexity index is 891. The maximum atomic E-state index is 11.6. The molecule has 0 bridgehead atoms. The number of hydrogen-bond donors (Lipinski definition) is 1. The molecule has 0 saturated carbocycles. The molecule has 1 N–H and O–H groups in total. The summed E-state index contributed by atoms with van der Waals surface area (Å²) in [4.78, 5) is 15.5. The highest BCUT2D eigenvalue weighted by Gasteiger charge is 2.14. The Balaban J connectivity index is 2.16. The first-order chi connectivity index (χ1) is 11.3. The molecule has 110 valence electrons. The second-order valence-corrected chi connectivity index (χ2v) is 4.89. The Kier molecular flexibility index (Phi) is 4.17. The SMILES string of the molecule is O=C(O)c1cccc(C#Cc2ccncc2)c1-c1ccccc1. The molecule has 0 radical (unpaired) electrons. The van der Waals surface area contributed by atoms with Crippen LogP contribution in [0.1, 0.15) is 21.5 Å². The first kappa shape index (κ1) is 14.6. The quantitative estimate of drug-likeness (QED) is 0.731.